The number of nitriles is 1. The molecule has 2 aromatic carbocycles. The summed E-state index contributed by atoms with van der Waals surface area (Å²) in [5.74, 6) is 5.60. The van der Waals surface area contributed by atoms with Gasteiger partial charge in [0.05, 0.1) is 59.0 Å². The largest absolute Gasteiger partial charge is 0.497 e. The third-order valence-corrected chi connectivity index (χ3v) is 13.1. The number of hydrogen-bond donors (Lipinski definition) is 3. The first-order chi connectivity index (χ1) is 33.2. The highest BCUT2D eigenvalue weighted by Crippen LogP contribution is 2.33. The van der Waals surface area contributed by atoms with Crippen molar-refractivity contribution in [1.29, 1.82) is 5.26 Å². The van der Waals surface area contributed by atoms with E-state index >= 15 is 0 Å². The third-order valence-electron chi connectivity index (χ3n) is 8.50. The lowest BCUT2D eigenvalue weighted by molar-refractivity contribution is 0.0607. The maximum absolute atomic E-state index is 11.2. The summed E-state index contributed by atoms with van der Waals surface area (Å²) in [5.41, 5.74) is 10.8. The van der Waals surface area contributed by atoms with Crippen LogP contribution >= 0.6 is 80.1 Å². The van der Waals surface area contributed by atoms with Crippen molar-refractivity contribution in [3.63, 3.8) is 0 Å². The molecular weight excluding hydrogens is 1020 g/mol. The molecule has 15 nitrogen and oxygen atoms in total. The minimum absolute atomic E-state index is 0.0394. The molecule has 364 valence electrons. The number of benzene rings is 2. The van der Waals surface area contributed by atoms with Crippen LogP contribution in [0.2, 0.25) is 5.15 Å². The summed E-state index contributed by atoms with van der Waals surface area (Å²) >= 11 is 21.9. The van der Waals surface area contributed by atoms with Crippen molar-refractivity contribution in [2.75, 3.05) is 63.1 Å². The van der Waals surface area contributed by atoms with Gasteiger partial charge in [0.2, 0.25) is 0 Å². The smallest absolute Gasteiger partial charge is 0.350 e. The highest BCUT2D eigenvalue weighted by molar-refractivity contribution is 7.18. The predicted octanol–water partition coefficient (Wildman–Crippen LogP) is 12.6. The van der Waals surface area contributed by atoms with Gasteiger partial charge in [0, 0.05) is 44.2 Å². The molecule has 0 bridgehead atoms. The molecular formula is C47H51Cl3N10O5S4. The average Bonchev–Trinajstić information content (AvgIpc) is 4.21. The number of rotatable bonds is 7. The maximum Gasteiger partial charge on any atom is 0.350 e. The Balaban J connectivity index is 0.000000227. The van der Waals surface area contributed by atoms with E-state index in [1.807, 2.05) is 111 Å². The molecule has 0 aliphatic carbocycles. The van der Waals surface area contributed by atoms with Crippen molar-refractivity contribution in [3.8, 4) is 17.6 Å². The van der Waals surface area contributed by atoms with Crippen molar-refractivity contribution < 1.29 is 19.0 Å². The number of aromatic nitrogens is 6. The highest BCUT2D eigenvalue weighted by atomic mass is 35.5. The van der Waals surface area contributed by atoms with Crippen molar-refractivity contribution in [2.45, 2.75) is 27.7 Å². The number of carbonyl (C=O) groups is 1. The van der Waals surface area contributed by atoms with Crippen LogP contribution in [-0.4, -0.2) is 83.1 Å². The molecule has 0 fully saturated rings. The molecule has 22 heteroatoms. The Labute approximate surface area is 431 Å². The fraction of sp³-hybridized carbons (Fsp3) is 0.234. The normalized spacial score (nSPS) is 9.72. The number of alkyl halides is 2. The van der Waals surface area contributed by atoms with Gasteiger partial charge in [0.25, 0.3) is 5.56 Å². The van der Waals surface area contributed by atoms with Crippen LogP contribution in [0.4, 0.5) is 22.9 Å². The van der Waals surface area contributed by atoms with Gasteiger partial charge in [-0.2, -0.15) is 5.26 Å². The van der Waals surface area contributed by atoms with Crippen LogP contribution < -0.4 is 31.0 Å². The molecule has 9 rings (SSSR count). The molecule has 7 aromatic heterocycles. The molecule has 9 aromatic rings. The second-order valence-corrected chi connectivity index (χ2v) is 18.0. The predicted molar refractivity (Wildman–Crippen MR) is 291 cm³/mol. The number of nitrogens with one attached hydrogen (secondary N) is 2. The number of nitrogens with zero attached hydrogens (tertiary/aromatic N) is 7. The van der Waals surface area contributed by atoms with Gasteiger partial charge in [-0.15, -0.1) is 68.5 Å². The van der Waals surface area contributed by atoms with Crippen molar-refractivity contribution in [3.05, 3.63) is 132 Å². The van der Waals surface area contributed by atoms with E-state index < -0.39 is 0 Å². The van der Waals surface area contributed by atoms with Crippen LogP contribution in [0.15, 0.2) is 99.1 Å². The Kier molecular flexibility index (Phi) is 25.2. The summed E-state index contributed by atoms with van der Waals surface area (Å²) in [6.07, 6.45) is 0. The van der Waals surface area contributed by atoms with E-state index in [0.29, 0.717) is 38.0 Å². The van der Waals surface area contributed by atoms with Gasteiger partial charge in [0.1, 0.15) is 38.5 Å². The Bertz CT molecular complexity index is 3020. The van der Waals surface area contributed by atoms with Gasteiger partial charge < -0.3 is 35.1 Å². The Hall–Kier alpha value is -6.11. The molecule has 0 amide bonds. The van der Waals surface area contributed by atoms with Gasteiger partial charge >= 0.3 is 5.97 Å². The number of aryl methyl sites for hydroxylation is 3. The number of thiophene rings is 4. The van der Waals surface area contributed by atoms with Crippen LogP contribution in [0.5, 0.6) is 11.5 Å². The number of halogens is 3. The number of nitrogen functional groups attached to an aromatic ring is 1. The lowest BCUT2D eigenvalue weighted by Gasteiger charge is -2.19. The molecule has 0 saturated carbocycles. The van der Waals surface area contributed by atoms with E-state index in [1.54, 1.807) is 61.3 Å². The molecule has 0 unspecified atom stereocenters. The average molecular weight is 1070 g/mol. The number of ether oxygens (including phenoxy) is 3. The monoisotopic (exact) mass is 1070 g/mol. The lowest BCUT2D eigenvalue weighted by Crippen LogP contribution is -2.12. The summed E-state index contributed by atoms with van der Waals surface area (Å²) < 4.78 is 17.4. The Morgan fingerprint density at radius 3 is 1.71 bits per heavy atom. The first kappa shape index (κ1) is 57.2. The number of anilines is 4. The fourth-order valence-electron chi connectivity index (χ4n) is 5.38. The van der Waals surface area contributed by atoms with Crippen molar-refractivity contribution in [2.24, 2.45) is 0 Å². The second-order valence-electron chi connectivity index (χ2n) is 13.2. The number of aromatic amines is 1. The zero-order valence-electron chi connectivity index (χ0n) is 39.2. The van der Waals surface area contributed by atoms with Gasteiger partial charge in [0.15, 0.2) is 11.0 Å². The highest BCUT2D eigenvalue weighted by Gasteiger charge is 2.13. The summed E-state index contributed by atoms with van der Waals surface area (Å²) in [7, 11) is 8.57. The molecule has 7 heterocycles. The molecule has 4 N–H and O–H groups in total. The Morgan fingerprint density at radius 2 is 1.22 bits per heavy atom. The van der Waals surface area contributed by atoms with Crippen LogP contribution in [0.1, 0.15) is 34.1 Å². The van der Waals surface area contributed by atoms with E-state index in [-0.39, 0.29) is 11.5 Å². The SMILES string of the molecule is CC#N.CNc1ccc(OC)cc1.COC(=O)c1sccc1N.COc1ccc(N(C)c2nc(C)nc3ccsc23)cc1.Cc1nc(Cl)c2sccc2n1.Cc1nc2ccsc2c(=O)[nH]1.ClCCCl. The number of hydrogen-bond acceptors (Lipinski definition) is 18. The van der Waals surface area contributed by atoms with E-state index in [0.717, 1.165) is 66.3 Å². The summed E-state index contributed by atoms with van der Waals surface area (Å²) in [6.45, 7) is 6.96. The molecule has 0 aliphatic rings. The zero-order valence-corrected chi connectivity index (χ0v) is 44.7. The van der Waals surface area contributed by atoms with Crippen LogP contribution in [-0.2, 0) is 4.74 Å². The number of esters is 1. The summed E-state index contributed by atoms with van der Waals surface area (Å²) in [6, 6.07) is 25.0. The first-order valence-corrected chi connectivity index (χ1v) is 25.2. The second kappa shape index (κ2) is 30.4. The molecule has 0 atom stereocenters. The van der Waals surface area contributed by atoms with E-state index in [2.05, 4.69) is 44.9 Å². The molecule has 0 radical (unpaired) electrons. The number of methoxy groups -OCH3 is 3. The van der Waals surface area contributed by atoms with E-state index in [9.17, 15) is 9.59 Å². The lowest BCUT2D eigenvalue weighted by atomic mass is 10.2. The minimum atomic E-state index is -0.368. The van der Waals surface area contributed by atoms with Crippen molar-refractivity contribution >= 4 is 140 Å². The number of nitrogens with two attached hydrogens (primary N) is 1. The maximum atomic E-state index is 11.2. The topological polar surface area (TPSA) is 207 Å². The molecule has 0 saturated heterocycles. The zero-order chi connectivity index (χ0) is 50.9. The summed E-state index contributed by atoms with van der Waals surface area (Å²) in [5, 5.41) is 18.5. The van der Waals surface area contributed by atoms with E-state index in [1.165, 1.54) is 36.7 Å². The number of H-pyrrole nitrogens is 1. The van der Waals surface area contributed by atoms with Crippen LogP contribution in [0.25, 0.3) is 30.6 Å². The van der Waals surface area contributed by atoms with Crippen LogP contribution in [0.3, 0.4) is 0 Å². The quantitative estimate of drug-likeness (QED) is 0.0771. The van der Waals surface area contributed by atoms with Gasteiger partial charge in [-0.25, -0.2) is 29.7 Å². The van der Waals surface area contributed by atoms with Gasteiger partial charge in [-0.1, -0.05) is 11.6 Å². The number of fused-ring (bicyclic) bond motifs is 3. The van der Waals surface area contributed by atoms with Gasteiger partial charge in [-0.05, 0) is 115 Å². The Morgan fingerprint density at radius 1 is 0.739 bits per heavy atom. The van der Waals surface area contributed by atoms with Crippen molar-refractivity contribution in [1.82, 2.24) is 29.9 Å². The first-order valence-electron chi connectivity index (χ1n) is 20.3. The van der Waals surface area contributed by atoms with Gasteiger partial charge in [-0.3, -0.25) is 4.79 Å². The minimum Gasteiger partial charge on any atom is -0.497 e. The third kappa shape index (κ3) is 18.1. The molecule has 0 aliphatic heterocycles. The summed E-state index contributed by atoms with van der Waals surface area (Å²) in [4.78, 5) is 48.6. The molecule has 69 heavy (non-hydrogen) atoms. The standard InChI is InChI=1S/C15H15N3OS.C8H11NO.C7H5ClN2S.C7H6N2OS.C6H7NO2S.C2H4Cl2.C2H3N/c1-10-16-13-8-9-20-14(13)15(17-10)18(2)11-4-6-12(19-3)7-5-11;1-9-7-3-5-8(10-2)6-4-7;1-4-9-5-2-3-11-6(5)7(8)10-4;1-4-8-5-2-3-11-6(5)7(10)9-4;1-9-6(8)5-4(7)2-3-10-5;3-1-2-4;1-2-3/h4-9H,1-3H3;3-6,9H,1-2H3;2-3H,1H3;2-3H,1H3,(H,8,9,10);2-3H,7H2,1H3;1-2H2;1H3. The van der Waals surface area contributed by atoms with E-state index in [4.69, 9.17) is 55.3 Å². The fourth-order valence-corrected chi connectivity index (χ4v) is 8.76. The molecule has 0 spiro atoms. The number of carbonyl (C=O) groups excluding carboxylic acids is 1. The van der Waals surface area contributed by atoms with Crippen LogP contribution in [0, 0.1) is 32.1 Å².